The maximum atomic E-state index is 11.3. The lowest BCUT2D eigenvalue weighted by Gasteiger charge is -2.17. The zero-order valence-corrected chi connectivity index (χ0v) is 10.8. The summed E-state index contributed by atoms with van der Waals surface area (Å²) in [5.41, 5.74) is 0.563. The molecule has 0 aliphatic heterocycles. The number of carbonyl (C=O) groups excluding carboxylic acids is 1. The monoisotopic (exact) mass is 257 g/mol. The standard InChI is InChI=1S/C12H16ClNO3/c1-7(15)10-6-9(13)4-5-11(10)17-8(2)12(16)14-3/h4-8,15H,1-3H3,(H,14,16)/t7-,8?/m0/s1. The van der Waals surface area contributed by atoms with Crippen molar-refractivity contribution in [2.75, 3.05) is 7.05 Å². The molecule has 5 heteroatoms. The third-order valence-electron chi connectivity index (χ3n) is 2.34. The van der Waals surface area contributed by atoms with Crippen LogP contribution in [0.25, 0.3) is 0 Å². The molecular weight excluding hydrogens is 242 g/mol. The van der Waals surface area contributed by atoms with Crippen molar-refractivity contribution in [1.29, 1.82) is 0 Å². The largest absolute Gasteiger partial charge is 0.481 e. The first-order valence-electron chi connectivity index (χ1n) is 5.31. The van der Waals surface area contributed by atoms with Gasteiger partial charge in [-0.1, -0.05) is 11.6 Å². The highest BCUT2D eigenvalue weighted by molar-refractivity contribution is 6.30. The summed E-state index contributed by atoms with van der Waals surface area (Å²) in [5.74, 6) is 0.233. The van der Waals surface area contributed by atoms with Crippen LogP contribution < -0.4 is 10.1 Å². The van der Waals surface area contributed by atoms with E-state index in [0.29, 0.717) is 16.3 Å². The van der Waals surface area contributed by atoms with Gasteiger partial charge in [0.1, 0.15) is 5.75 Å². The topological polar surface area (TPSA) is 58.6 Å². The highest BCUT2D eigenvalue weighted by Gasteiger charge is 2.16. The molecule has 1 unspecified atom stereocenters. The second-order valence-corrected chi connectivity index (χ2v) is 4.17. The SMILES string of the molecule is CNC(=O)C(C)Oc1ccc(Cl)cc1[C@H](C)O. The number of benzene rings is 1. The number of likely N-dealkylation sites (N-methyl/N-ethyl adjacent to an activating group) is 1. The lowest BCUT2D eigenvalue weighted by Crippen LogP contribution is -2.34. The molecule has 2 atom stereocenters. The minimum absolute atomic E-state index is 0.225. The van der Waals surface area contributed by atoms with Gasteiger partial charge in [0.05, 0.1) is 6.10 Å². The smallest absolute Gasteiger partial charge is 0.260 e. The highest BCUT2D eigenvalue weighted by atomic mass is 35.5. The van der Waals surface area contributed by atoms with Gasteiger partial charge in [-0.25, -0.2) is 0 Å². The van der Waals surface area contributed by atoms with Crippen LogP contribution in [-0.4, -0.2) is 24.2 Å². The van der Waals surface area contributed by atoms with Gasteiger partial charge in [0, 0.05) is 17.6 Å². The third-order valence-corrected chi connectivity index (χ3v) is 2.58. The number of ether oxygens (including phenoxy) is 1. The van der Waals surface area contributed by atoms with Crippen LogP contribution in [-0.2, 0) is 4.79 Å². The third kappa shape index (κ3) is 3.61. The fraction of sp³-hybridized carbons (Fsp3) is 0.417. The average Bonchev–Trinajstić information content (AvgIpc) is 2.29. The Kier molecular flexibility index (Phi) is 4.78. The lowest BCUT2D eigenvalue weighted by molar-refractivity contribution is -0.126. The predicted octanol–water partition coefficient (Wildman–Crippen LogP) is 1.91. The normalized spacial score (nSPS) is 13.9. The van der Waals surface area contributed by atoms with E-state index < -0.39 is 12.2 Å². The molecule has 0 heterocycles. The van der Waals surface area contributed by atoms with Crippen molar-refractivity contribution in [3.8, 4) is 5.75 Å². The highest BCUT2D eigenvalue weighted by Crippen LogP contribution is 2.28. The van der Waals surface area contributed by atoms with Gasteiger partial charge < -0.3 is 15.2 Å². The molecule has 17 heavy (non-hydrogen) atoms. The van der Waals surface area contributed by atoms with Gasteiger partial charge >= 0.3 is 0 Å². The molecule has 1 aromatic carbocycles. The molecule has 1 aromatic rings. The first kappa shape index (κ1) is 13.8. The predicted molar refractivity (Wildman–Crippen MR) is 66.2 cm³/mol. The summed E-state index contributed by atoms with van der Waals surface area (Å²) in [6.45, 7) is 3.25. The Balaban J connectivity index is 2.94. The van der Waals surface area contributed by atoms with Crippen LogP contribution >= 0.6 is 11.6 Å². The summed E-state index contributed by atoms with van der Waals surface area (Å²) < 4.78 is 5.48. The van der Waals surface area contributed by atoms with Gasteiger partial charge in [-0.3, -0.25) is 4.79 Å². The lowest BCUT2D eigenvalue weighted by atomic mass is 10.1. The van der Waals surface area contributed by atoms with Crippen LogP contribution in [0.3, 0.4) is 0 Å². The number of carbonyl (C=O) groups is 1. The molecule has 2 N–H and O–H groups in total. The van der Waals surface area contributed by atoms with Crippen molar-refractivity contribution in [1.82, 2.24) is 5.32 Å². The molecule has 0 spiro atoms. The molecule has 4 nitrogen and oxygen atoms in total. The van der Waals surface area contributed by atoms with Gasteiger partial charge in [-0.15, -0.1) is 0 Å². The molecule has 1 amide bonds. The molecule has 0 bridgehead atoms. The second-order valence-electron chi connectivity index (χ2n) is 3.73. The van der Waals surface area contributed by atoms with Gasteiger partial charge in [-0.05, 0) is 32.0 Å². The molecule has 94 valence electrons. The van der Waals surface area contributed by atoms with E-state index in [4.69, 9.17) is 16.3 Å². The minimum atomic E-state index is -0.708. The molecule has 0 aliphatic rings. The van der Waals surface area contributed by atoms with E-state index in [2.05, 4.69) is 5.32 Å². The van der Waals surface area contributed by atoms with E-state index in [1.54, 1.807) is 39.1 Å². The molecule has 0 saturated heterocycles. The molecule has 0 radical (unpaired) electrons. The van der Waals surface area contributed by atoms with Crippen molar-refractivity contribution in [3.05, 3.63) is 28.8 Å². The van der Waals surface area contributed by atoms with Gasteiger partial charge in [0.25, 0.3) is 5.91 Å². The molecule has 0 aromatic heterocycles. The Bertz CT molecular complexity index is 407. The Morgan fingerprint density at radius 2 is 2.12 bits per heavy atom. The van der Waals surface area contributed by atoms with Crippen LogP contribution in [0.4, 0.5) is 0 Å². The van der Waals surface area contributed by atoms with E-state index in [1.165, 1.54) is 0 Å². The van der Waals surface area contributed by atoms with Crippen LogP contribution in [0.5, 0.6) is 5.75 Å². The Hall–Kier alpha value is -1.26. The van der Waals surface area contributed by atoms with Crippen LogP contribution in [0.1, 0.15) is 25.5 Å². The number of halogens is 1. The molecule has 1 rings (SSSR count). The molecule has 0 saturated carbocycles. The number of aliphatic hydroxyl groups is 1. The van der Waals surface area contributed by atoms with Crippen LogP contribution in [0.2, 0.25) is 5.02 Å². The van der Waals surface area contributed by atoms with Crippen molar-refractivity contribution >= 4 is 17.5 Å². The molecule has 0 fully saturated rings. The van der Waals surface area contributed by atoms with Gasteiger partial charge in [-0.2, -0.15) is 0 Å². The van der Waals surface area contributed by atoms with E-state index in [0.717, 1.165) is 0 Å². The van der Waals surface area contributed by atoms with E-state index >= 15 is 0 Å². The minimum Gasteiger partial charge on any atom is -0.481 e. The quantitative estimate of drug-likeness (QED) is 0.866. The summed E-state index contributed by atoms with van der Waals surface area (Å²) in [6, 6.07) is 4.92. The van der Waals surface area contributed by atoms with E-state index in [9.17, 15) is 9.90 Å². The number of aliphatic hydroxyl groups excluding tert-OH is 1. The maximum Gasteiger partial charge on any atom is 0.260 e. The van der Waals surface area contributed by atoms with Gasteiger partial charge in [0.15, 0.2) is 6.10 Å². The fourth-order valence-electron chi connectivity index (χ4n) is 1.40. The summed E-state index contributed by atoms with van der Waals surface area (Å²) in [4.78, 5) is 11.3. The number of nitrogens with one attached hydrogen (secondary N) is 1. The Morgan fingerprint density at radius 1 is 1.47 bits per heavy atom. The maximum absolute atomic E-state index is 11.3. The van der Waals surface area contributed by atoms with E-state index in [-0.39, 0.29) is 5.91 Å². The summed E-state index contributed by atoms with van der Waals surface area (Å²) in [5, 5.41) is 12.6. The summed E-state index contributed by atoms with van der Waals surface area (Å²) >= 11 is 5.84. The number of hydrogen-bond donors (Lipinski definition) is 2. The second kappa shape index (κ2) is 5.89. The summed E-state index contributed by atoms with van der Waals surface area (Å²) in [7, 11) is 1.54. The Labute approximate surface area is 106 Å². The van der Waals surface area contributed by atoms with Gasteiger partial charge in [0.2, 0.25) is 0 Å². The van der Waals surface area contributed by atoms with Crippen molar-refractivity contribution in [2.45, 2.75) is 26.1 Å². The van der Waals surface area contributed by atoms with Crippen molar-refractivity contribution in [2.24, 2.45) is 0 Å². The van der Waals surface area contributed by atoms with Crippen LogP contribution in [0, 0.1) is 0 Å². The molecular formula is C12H16ClNO3. The Morgan fingerprint density at radius 3 is 2.65 bits per heavy atom. The van der Waals surface area contributed by atoms with Crippen molar-refractivity contribution in [3.63, 3.8) is 0 Å². The van der Waals surface area contributed by atoms with Crippen LogP contribution in [0.15, 0.2) is 18.2 Å². The first-order chi connectivity index (χ1) is 7.95. The zero-order chi connectivity index (χ0) is 13.0. The number of amides is 1. The van der Waals surface area contributed by atoms with E-state index in [1.807, 2.05) is 0 Å². The zero-order valence-electron chi connectivity index (χ0n) is 10.0. The molecule has 0 aliphatic carbocycles. The fourth-order valence-corrected chi connectivity index (χ4v) is 1.58. The number of hydrogen-bond acceptors (Lipinski definition) is 3. The summed E-state index contributed by atoms with van der Waals surface area (Å²) in [6.07, 6.45) is -1.33. The average molecular weight is 258 g/mol. The van der Waals surface area contributed by atoms with Crippen molar-refractivity contribution < 1.29 is 14.6 Å². The first-order valence-corrected chi connectivity index (χ1v) is 5.69. The number of rotatable bonds is 4.